The molecule has 0 aliphatic carbocycles. The molecule has 0 amide bonds. The van der Waals surface area contributed by atoms with Gasteiger partial charge in [0.2, 0.25) is 0 Å². The minimum atomic E-state index is 0.354. The Balaban J connectivity index is 2.19. The van der Waals surface area contributed by atoms with Crippen LogP contribution in [0.5, 0.6) is 0 Å². The summed E-state index contributed by atoms with van der Waals surface area (Å²) in [6.45, 7) is 0. The lowest BCUT2D eigenvalue weighted by Gasteiger charge is -1.95. The van der Waals surface area contributed by atoms with Crippen molar-refractivity contribution < 1.29 is 4.74 Å². The van der Waals surface area contributed by atoms with E-state index in [1.165, 1.54) is 23.1 Å². The first-order chi connectivity index (χ1) is 6.83. The van der Waals surface area contributed by atoms with Crippen LogP contribution in [0.2, 0.25) is 0 Å². The topological polar surface area (TPSA) is 98.8 Å². The Labute approximate surface area is 92.4 Å². The quantitative estimate of drug-likeness (QED) is 0.127. The predicted octanol–water partition coefficient (Wildman–Crippen LogP) is 2.63. The number of ether oxygens (including phenoxy) is 1. The lowest BCUT2D eigenvalue weighted by Crippen LogP contribution is -1.85. The molecule has 1 aromatic rings. The fourth-order valence-corrected chi connectivity index (χ4v) is 2.22. The molecule has 0 spiro atoms. The van der Waals surface area contributed by atoms with E-state index < -0.39 is 0 Å². The summed E-state index contributed by atoms with van der Waals surface area (Å²) in [6.07, 6.45) is 1.11. The predicted molar refractivity (Wildman–Crippen MR) is 56.8 cm³/mol. The van der Waals surface area contributed by atoms with Gasteiger partial charge in [-0.3, -0.25) is 15.5 Å². The Morgan fingerprint density at radius 1 is 1.79 bits per heavy atom. The summed E-state index contributed by atoms with van der Waals surface area (Å²) in [6, 6.07) is 0. The van der Waals surface area contributed by atoms with Gasteiger partial charge in [0.05, 0.1) is 0 Å². The van der Waals surface area contributed by atoms with Crippen LogP contribution in [0.25, 0.3) is 5.84 Å². The van der Waals surface area contributed by atoms with E-state index in [9.17, 15) is 0 Å². The first-order valence-electron chi connectivity index (χ1n) is 3.21. The zero-order valence-electron chi connectivity index (χ0n) is 6.71. The van der Waals surface area contributed by atoms with Crippen molar-refractivity contribution in [3.8, 4) is 0 Å². The molecular formula is C4H5N6OS3-. The molecule has 0 saturated carbocycles. The zero-order valence-corrected chi connectivity index (χ0v) is 9.16. The molecule has 14 heavy (non-hydrogen) atoms. The van der Waals surface area contributed by atoms with Crippen molar-refractivity contribution in [1.82, 2.24) is 10.2 Å². The molecule has 7 nitrogen and oxygen atoms in total. The van der Waals surface area contributed by atoms with E-state index in [0.717, 1.165) is 10.7 Å². The number of nitrogens with zero attached hydrogens (tertiary/aromatic N) is 4. The van der Waals surface area contributed by atoms with E-state index in [0.29, 0.717) is 9.89 Å². The first kappa shape index (κ1) is 11.1. The van der Waals surface area contributed by atoms with E-state index in [-0.39, 0.29) is 0 Å². The minimum Gasteiger partial charge on any atom is -0.472 e. The molecule has 0 radical (unpaired) electrons. The molecule has 0 unspecified atom stereocenters. The molecule has 1 aromatic heterocycles. The molecule has 76 valence electrons. The third kappa shape index (κ3) is 4.30. The summed E-state index contributed by atoms with van der Waals surface area (Å²) >= 11 is 7.59. The molecule has 0 aliphatic rings. The molecule has 1 heterocycles. The number of hydrogen-bond acceptors (Lipinski definition) is 7. The number of aromatic nitrogens is 2. The van der Waals surface area contributed by atoms with Crippen molar-refractivity contribution in [2.45, 2.75) is 4.34 Å². The summed E-state index contributed by atoms with van der Waals surface area (Å²) in [5, 5.41) is 15.5. The van der Waals surface area contributed by atoms with Gasteiger partial charge in [-0.05, 0) is 12.2 Å². The average molecular weight is 249 g/mol. The Kier molecular flexibility index (Phi) is 5.11. The van der Waals surface area contributed by atoms with E-state index >= 15 is 0 Å². The Morgan fingerprint density at radius 2 is 2.64 bits per heavy atom. The van der Waals surface area contributed by atoms with Crippen molar-refractivity contribution in [3.63, 3.8) is 0 Å². The second-order valence-corrected chi connectivity index (χ2v) is 4.55. The molecule has 0 saturated heterocycles. The third-order valence-corrected chi connectivity index (χ3v) is 2.97. The Morgan fingerprint density at radius 3 is 3.29 bits per heavy atom. The third-order valence-electron chi connectivity index (χ3n) is 0.887. The maximum atomic E-state index is 6.28. The molecular weight excluding hydrogens is 244 g/mol. The average Bonchev–Trinajstić information content (AvgIpc) is 2.58. The van der Waals surface area contributed by atoms with Crippen LogP contribution >= 0.6 is 35.3 Å². The number of thioether (sulfide) groups is 1. The van der Waals surface area contributed by atoms with Crippen LogP contribution in [0.4, 0.5) is 0 Å². The second-order valence-electron chi connectivity index (χ2n) is 1.72. The van der Waals surface area contributed by atoms with Gasteiger partial charge in [-0.15, -0.1) is 0 Å². The van der Waals surface area contributed by atoms with Gasteiger partial charge in [0.15, 0.2) is 14.7 Å². The monoisotopic (exact) mass is 249 g/mol. The molecule has 0 bridgehead atoms. The van der Waals surface area contributed by atoms with Crippen LogP contribution in [0.1, 0.15) is 0 Å². The van der Waals surface area contributed by atoms with Gasteiger partial charge in [0.1, 0.15) is 5.94 Å². The largest absolute Gasteiger partial charge is 0.472 e. The summed E-state index contributed by atoms with van der Waals surface area (Å²) in [5.74, 6) is 6.63. The van der Waals surface area contributed by atoms with Crippen LogP contribution in [-0.2, 0) is 4.74 Å². The SMILES string of the molecule is [NH-]/N=N/N=C/OCSc1n[nH]c(=S)s1. The summed E-state index contributed by atoms with van der Waals surface area (Å²) < 4.78 is 6.33. The van der Waals surface area contributed by atoms with Gasteiger partial charge in [-0.2, -0.15) is 5.10 Å². The Bertz CT molecular complexity index is 369. The van der Waals surface area contributed by atoms with Gasteiger partial charge in [-0.1, -0.05) is 23.1 Å². The lowest BCUT2D eigenvalue weighted by molar-refractivity contribution is 0.397. The molecule has 1 rings (SSSR count). The van der Waals surface area contributed by atoms with Crippen molar-refractivity contribution >= 4 is 41.7 Å². The van der Waals surface area contributed by atoms with Crippen molar-refractivity contribution in [2.24, 2.45) is 15.5 Å². The fourth-order valence-electron chi connectivity index (χ4n) is 0.473. The van der Waals surface area contributed by atoms with E-state index in [4.69, 9.17) is 22.8 Å². The number of rotatable bonds is 5. The molecule has 2 N–H and O–H groups in total. The molecule has 0 aliphatic heterocycles. The normalized spacial score (nSPS) is 11.4. The lowest BCUT2D eigenvalue weighted by atomic mass is 11.4. The highest BCUT2D eigenvalue weighted by atomic mass is 32.2. The van der Waals surface area contributed by atoms with Crippen LogP contribution in [0, 0.1) is 3.95 Å². The number of nitrogens with one attached hydrogen (secondary N) is 2. The highest BCUT2D eigenvalue weighted by Crippen LogP contribution is 2.19. The van der Waals surface area contributed by atoms with Crippen molar-refractivity contribution in [2.75, 3.05) is 5.94 Å². The maximum Gasteiger partial charge on any atom is 0.177 e. The van der Waals surface area contributed by atoms with Crippen LogP contribution in [-0.4, -0.2) is 22.5 Å². The summed E-state index contributed by atoms with van der Waals surface area (Å²) in [7, 11) is 0. The van der Waals surface area contributed by atoms with E-state index in [1.54, 1.807) is 0 Å². The van der Waals surface area contributed by atoms with Gasteiger partial charge in [0, 0.05) is 0 Å². The molecule has 10 heteroatoms. The number of H-pyrrole nitrogens is 1. The fraction of sp³-hybridized carbons (Fsp3) is 0.250. The number of hydrogen-bond donors (Lipinski definition) is 1. The van der Waals surface area contributed by atoms with E-state index in [1.807, 2.05) is 0 Å². The van der Waals surface area contributed by atoms with E-state index in [2.05, 4.69) is 25.7 Å². The van der Waals surface area contributed by atoms with Crippen molar-refractivity contribution in [1.29, 1.82) is 0 Å². The molecule has 0 atom stereocenters. The molecule has 0 fully saturated rings. The van der Waals surface area contributed by atoms with Crippen LogP contribution in [0.3, 0.4) is 0 Å². The van der Waals surface area contributed by atoms with Crippen LogP contribution in [0.15, 0.2) is 19.9 Å². The zero-order chi connectivity index (χ0) is 10.2. The summed E-state index contributed by atoms with van der Waals surface area (Å²) in [4.78, 5) is 0. The van der Waals surface area contributed by atoms with Crippen molar-refractivity contribution in [3.05, 3.63) is 9.80 Å². The number of aromatic amines is 1. The standard InChI is InChI=1S/C4H6N6OS3/c5-9-10-6-1-11-2-13-4-8-7-3(12)14-4/h1H,2H2,(H3,5,7,10,12)/p-1/b6-1+. The smallest absolute Gasteiger partial charge is 0.177 e. The van der Waals surface area contributed by atoms with Gasteiger partial charge in [-0.25, -0.2) is 5.10 Å². The van der Waals surface area contributed by atoms with Gasteiger partial charge in [0.25, 0.3) is 0 Å². The summed E-state index contributed by atoms with van der Waals surface area (Å²) in [5.41, 5.74) is 0. The Hall–Kier alpha value is -1.00. The van der Waals surface area contributed by atoms with Gasteiger partial charge < -0.3 is 10.6 Å². The van der Waals surface area contributed by atoms with Crippen LogP contribution < -0.4 is 0 Å². The molecule has 0 aromatic carbocycles. The highest BCUT2D eigenvalue weighted by molar-refractivity contribution is 8.00. The second kappa shape index (κ2) is 6.45. The maximum absolute atomic E-state index is 6.28. The minimum absolute atomic E-state index is 0.354. The van der Waals surface area contributed by atoms with Gasteiger partial charge >= 0.3 is 0 Å². The first-order valence-corrected chi connectivity index (χ1v) is 5.42. The highest BCUT2D eigenvalue weighted by Gasteiger charge is 1.96.